The zero-order valence-electron chi connectivity index (χ0n) is 13.0. The lowest BCUT2D eigenvalue weighted by atomic mass is 10.1. The molecule has 0 saturated carbocycles. The van der Waals surface area contributed by atoms with Crippen molar-refractivity contribution in [2.45, 2.75) is 65.2 Å². The zero-order valence-corrected chi connectivity index (χ0v) is 13.8. The van der Waals surface area contributed by atoms with Gasteiger partial charge in [0.1, 0.15) is 0 Å². The van der Waals surface area contributed by atoms with Crippen molar-refractivity contribution in [2.24, 2.45) is 0 Å². The summed E-state index contributed by atoms with van der Waals surface area (Å²) in [5.74, 6) is 0. The first-order chi connectivity index (χ1) is 8.12. The third kappa shape index (κ3) is 14.3. The average molecular weight is 280 g/mol. The Hall–Kier alpha value is 0.210. The van der Waals surface area contributed by atoms with Gasteiger partial charge in [0.25, 0.3) is 0 Å². The van der Waals surface area contributed by atoms with Gasteiger partial charge in [0.15, 0.2) is 6.73 Å². The first-order valence-corrected chi connectivity index (χ1v) is 7.52. The fourth-order valence-corrected chi connectivity index (χ4v) is 1.94. The monoisotopic (exact) mass is 279 g/mol. The lowest BCUT2D eigenvalue weighted by molar-refractivity contribution is -0.909. The maximum absolute atomic E-state index is 5.71. The van der Waals surface area contributed by atoms with Crippen LogP contribution >= 0.6 is 0 Å². The Labute approximate surface area is 121 Å². The highest BCUT2D eigenvalue weighted by atomic mass is 35.5. The van der Waals surface area contributed by atoms with E-state index in [1.165, 1.54) is 57.9 Å². The van der Waals surface area contributed by atoms with E-state index < -0.39 is 0 Å². The Morgan fingerprint density at radius 1 is 0.778 bits per heavy atom. The van der Waals surface area contributed by atoms with Gasteiger partial charge in [-0.1, -0.05) is 46.0 Å². The molecule has 18 heavy (non-hydrogen) atoms. The van der Waals surface area contributed by atoms with Gasteiger partial charge in [0.05, 0.1) is 27.2 Å². The lowest BCUT2D eigenvalue weighted by Crippen LogP contribution is -3.00. The molecule has 0 aliphatic carbocycles. The second kappa shape index (κ2) is 13.6. The molecule has 0 aliphatic heterocycles. The minimum absolute atomic E-state index is 0. The number of hydrogen-bond donors (Lipinski definition) is 0. The summed E-state index contributed by atoms with van der Waals surface area (Å²) in [4.78, 5) is 0. The van der Waals surface area contributed by atoms with E-state index in [-0.39, 0.29) is 12.4 Å². The van der Waals surface area contributed by atoms with Crippen LogP contribution in [0.4, 0.5) is 0 Å². The molecule has 0 aromatic carbocycles. The summed E-state index contributed by atoms with van der Waals surface area (Å²) in [6.07, 6.45) is 10.7. The fourth-order valence-electron chi connectivity index (χ4n) is 1.94. The van der Waals surface area contributed by atoms with Gasteiger partial charge in [-0.05, 0) is 19.3 Å². The van der Waals surface area contributed by atoms with Gasteiger partial charge >= 0.3 is 0 Å². The van der Waals surface area contributed by atoms with Gasteiger partial charge in [-0.3, -0.25) is 0 Å². The van der Waals surface area contributed by atoms with Crippen LogP contribution in [0.3, 0.4) is 0 Å². The molecule has 0 bridgehead atoms. The Balaban J connectivity index is 0. The molecule has 112 valence electrons. The minimum atomic E-state index is 0. The van der Waals surface area contributed by atoms with E-state index in [0.717, 1.165) is 17.8 Å². The number of quaternary nitrogens is 1. The highest BCUT2D eigenvalue weighted by Gasteiger charge is 2.13. The average Bonchev–Trinajstić information content (AvgIpc) is 2.29. The molecule has 0 heterocycles. The van der Waals surface area contributed by atoms with E-state index >= 15 is 0 Å². The molecule has 0 spiro atoms. The maximum atomic E-state index is 5.71. The predicted molar refractivity (Wildman–Crippen MR) is 76.1 cm³/mol. The molecule has 0 amide bonds. The van der Waals surface area contributed by atoms with Gasteiger partial charge < -0.3 is 21.6 Å². The van der Waals surface area contributed by atoms with Crippen molar-refractivity contribution < 1.29 is 21.6 Å². The molecule has 0 rings (SSSR count). The topological polar surface area (TPSA) is 9.23 Å². The van der Waals surface area contributed by atoms with Gasteiger partial charge in [0, 0.05) is 0 Å². The number of halogens is 1. The SMILES string of the molecule is CCCCCCCC[N+](C)(C)COCCCC.[Cl-]. The van der Waals surface area contributed by atoms with E-state index in [1.807, 2.05) is 0 Å². The van der Waals surface area contributed by atoms with Crippen LogP contribution in [0.2, 0.25) is 0 Å². The second-order valence-corrected chi connectivity index (χ2v) is 5.82. The van der Waals surface area contributed by atoms with E-state index in [9.17, 15) is 0 Å². The van der Waals surface area contributed by atoms with E-state index in [4.69, 9.17) is 4.74 Å². The van der Waals surface area contributed by atoms with Gasteiger partial charge in [-0.25, -0.2) is 0 Å². The molecule has 0 aromatic rings. The molecule has 0 atom stereocenters. The number of ether oxygens (including phenoxy) is 1. The molecule has 0 radical (unpaired) electrons. The highest BCUT2D eigenvalue weighted by molar-refractivity contribution is 4.43. The third-order valence-electron chi connectivity index (χ3n) is 3.20. The summed E-state index contributed by atoms with van der Waals surface area (Å²) >= 11 is 0. The van der Waals surface area contributed by atoms with Crippen LogP contribution in [0.25, 0.3) is 0 Å². The van der Waals surface area contributed by atoms with Crippen molar-refractivity contribution in [2.75, 3.05) is 34.0 Å². The smallest absolute Gasteiger partial charge is 0.182 e. The summed E-state index contributed by atoms with van der Waals surface area (Å²) in [5.41, 5.74) is 0. The Morgan fingerprint density at radius 3 is 1.94 bits per heavy atom. The van der Waals surface area contributed by atoms with Crippen LogP contribution in [0.15, 0.2) is 0 Å². The summed E-state index contributed by atoms with van der Waals surface area (Å²) in [7, 11) is 4.55. The van der Waals surface area contributed by atoms with Crippen molar-refractivity contribution in [3.63, 3.8) is 0 Å². The zero-order chi connectivity index (χ0) is 13.0. The summed E-state index contributed by atoms with van der Waals surface area (Å²) in [5, 5.41) is 0. The molecule has 0 aliphatic rings. The number of hydrogen-bond acceptors (Lipinski definition) is 1. The molecule has 3 heteroatoms. The van der Waals surface area contributed by atoms with Crippen molar-refractivity contribution in [3.05, 3.63) is 0 Å². The number of nitrogens with zero attached hydrogens (tertiary/aromatic N) is 1. The Morgan fingerprint density at radius 2 is 1.33 bits per heavy atom. The predicted octanol–water partition coefficient (Wildman–Crippen LogP) is 1.20. The molecule has 0 unspecified atom stereocenters. The largest absolute Gasteiger partial charge is 1.00 e. The Kier molecular flexibility index (Phi) is 15.6. The molecule has 0 N–H and O–H groups in total. The van der Waals surface area contributed by atoms with Crippen LogP contribution in [0, 0.1) is 0 Å². The van der Waals surface area contributed by atoms with Gasteiger partial charge in [-0.2, -0.15) is 0 Å². The first-order valence-electron chi connectivity index (χ1n) is 7.52. The molecule has 0 aromatic heterocycles. The van der Waals surface area contributed by atoms with Crippen molar-refractivity contribution >= 4 is 0 Å². The van der Waals surface area contributed by atoms with Crippen molar-refractivity contribution in [1.29, 1.82) is 0 Å². The van der Waals surface area contributed by atoms with Gasteiger partial charge in [-0.15, -0.1) is 0 Å². The number of unbranched alkanes of at least 4 members (excludes halogenated alkanes) is 6. The van der Waals surface area contributed by atoms with E-state index in [2.05, 4.69) is 27.9 Å². The van der Waals surface area contributed by atoms with Crippen LogP contribution in [-0.4, -0.2) is 38.5 Å². The van der Waals surface area contributed by atoms with Crippen molar-refractivity contribution in [1.82, 2.24) is 0 Å². The highest BCUT2D eigenvalue weighted by Crippen LogP contribution is 2.08. The van der Waals surface area contributed by atoms with Crippen LogP contribution in [0.5, 0.6) is 0 Å². The minimum Gasteiger partial charge on any atom is -1.00 e. The van der Waals surface area contributed by atoms with Crippen LogP contribution in [-0.2, 0) is 4.74 Å². The first kappa shape index (κ1) is 20.5. The van der Waals surface area contributed by atoms with Crippen LogP contribution < -0.4 is 12.4 Å². The van der Waals surface area contributed by atoms with Crippen LogP contribution in [0.1, 0.15) is 65.2 Å². The summed E-state index contributed by atoms with van der Waals surface area (Å²) < 4.78 is 6.72. The second-order valence-electron chi connectivity index (χ2n) is 5.82. The van der Waals surface area contributed by atoms with Crippen molar-refractivity contribution in [3.8, 4) is 0 Å². The lowest BCUT2D eigenvalue weighted by Gasteiger charge is -2.29. The Bertz CT molecular complexity index is 163. The fraction of sp³-hybridized carbons (Fsp3) is 1.00. The van der Waals surface area contributed by atoms with E-state index in [1.54, 1.807) is 0 Å². The standard InChI is InChI=1S/C15H34NO.ClH/c1-5-7-9-10-11-12-13-16(3,4)15-17-14-8-6-2;/h5-15H2,1-4H3;1H/q+1;/p-1. The maximum Gasteiger partial charge on any atom is 0.182 e. The van der Waals surface area contributed by atoms with Gasteiger partial charge in [0.2, 0.25) is 0 Å². The molecule has 2 nitrogen and oxygen atoms in total. The summed E-state index contributed by atoms with van der Waals surface area (Å²) in [6.45, 7) is 7.52. The molecular weight excluding hydrogens is 246 g/mol. The third-order valence-corrected chi connectivity index (χ3v) is 3.20. The normalized spacial score (nSPS) is 11.3. The quantitative estimate of drug-likeness (QED) is 0.296. The molecular formula is C15H34ClNO. The van der Waals surface area contributed by atoms with E-state index in [0.29, 0.717) is 0 Å². The molecule has 0 saturated heterocycles. The number of rotatable bonds is 12. The molecule has 0 fully saturated rings. The summed E-state index contributed by atoms with van der Waals surface area (Å²) in [6, 6.07) is 0.